The molecule has 133 heavy (non-hydrogen) atoms. The third-order valence-electron chi connectivity index (χ3n) is 25.1. The third kappa shape index (κ3) is 30.3. The van der Waals surface area contributed by atoms with E-state index in [0.29, 0.717) is 81.4 Å². The average Bonchev–Trinajstić information content (AvgIpc) is 1.62. The fourth-order valence-corrected chi connectivity index (χ4v) is 18.2. The highest BCUT2D eigenvalue weighted by Crippen LogP contribution is 2.33. The van der Waals surface area contributed by atoms with Gasteiger partial charge >= 0.3 is 0 Å². The lowest BCUT2D eigenvalue weighted by Gasteiger charge is -2.29. The number of nitriles is 2. The molecular formula is C104H125N11O18. The number of ketones is 6. The number of aliphatic hydroxyl groups excluding tert-OH is 2. The van der Waals surface area contributed by atoms with Crippen LogP contribution in [-0.2, 0) is 67.2 Å². The lowest BCUT2D eigenvalue weighted by atomic mass is 9.82. The van der Waals surface area contributed by atoms with Crippen molar-refractivity contribution in [3.05, 3.63) is 197 Å². The summed E-state index contributed by atoms with van der Waals surface area (Å²) >= 11 is 0. The number of aldehydes is 1. The van der Waals surface area contributed by atoms with Crippen molar-refractivity contribution in [1.29, 1.82) is 10.5 Å². The maximum absolute atomic E-state index is 14.0. The Morgan fingerprint density at radius 3 is 0.962 bits per heavy atom. The van der Waals surface area contributed by atoms with Gasteiger partial charge in [-0.1, -0.05) is 204 Å². The van der Waals surface area contributed by atoms with Gasteiger partial charge in [-0.05, 0) is 165 Å². The van der Waals surface area contributed by atoms with Crippen LogP contribution < -0.4 is 31.9 Å². The van der Waals surface area contributed by atoms with E-state index in [1.807, 2.05) is 169 Å². The van der Waals surface area contributed by atoms with E-state index in [9.17, 15) is 83.1 Å². The summed E-state index contributed by atoms with van der Waals surface area (Å²) in [6.07, 6.45) is 8.20. The van der Waals surface area contributed by atoms with Crippen LogP contribution in [0.2, 0.25) is 0 Å². The second-order valence-corrected chi connectivity index (χ2v) is 37.1. The van der Waals surface area contributed by atoms with Gasteiger partial charge in [0.05, 0.1) is 48.4 Å². The number of hydrogen-bond acceptors (Lipinski definition) is 23. The molecule has 3 saturated carbocycles. The van der Waals surface area contributed by atoms with Crippen LogP contribution in [0.1, 0.15) is 242 Å². The van der Waals surface area contributed by atoms with Crippen molar-refractivity contribution < 1.29 is 86.1 Å². The zero-order valence-electron chi connectivity index (χ0n) is 77.4. The lowest BCUT2D eigenvalue weighted by Crippen LogP contribution is -2.49. The normalized spacial score (nSPS) is 17.6. The molecule has 12 rings (SSSR count). The van der Waals surface area contributed by atoms with E-state index >= 15 is 0 Å². The summed E-state index contributed by atoms with van der Waals surface area (Å²) in [7, 11) is 0. The molecule has 29 heteroatoms. The minimum absolute atomic E-state index is 0.0466. The van der Waals surface area contributed by atoms with Crippen molar-refractivity contribution in [3.63, 3.8) is 0 Å². The Labute approximate surface area is 775 Å². The van der Waals surface area contributed by atoms with Crippen molar-refractivity contribution in [2.45, 2.75) is 265 Å². The molecule has 9 aromatic rings. The number of amides is 6. The zero-order chi connectivity index (χ0) is 96.0. The number of carbonyl (C=O) groups is 13. The molecule has 0 bridgehead atoms. The topological polar surface area (TPSA) is 460 Å². The first-order valence-corrected chi connectivity index (χ1v) is 46.6. The molecule has 3 fully saturated rings. The molecule has 2 unspecified atom stereocenters. The molecule has 3 heterocycles. The minimum atomic E-state index is -1.50. The first-order valence-electron chi connectivity index (χ1n) is 46.6. The molecule has 14 atom stereocenters. The van der Waals surface area contributed by atoms with Gasteiger partial charge in [0.15, 0.2) is 46.6 Å². The Morgan fingerprint density at radius 2 is 0.692 bits per heavy atom. The van der Waals surface area contributed by atoms with Gasteiger partial charge in [0.25, 0.3) is 17.7 Å². The standard InChI is InChI=1S/2C35H42N4O6.C34H41N3O6/c2*1-21(2)15-26(34(43)37-29(33(42)20-36)18-25-10-5-7-14-31(25)40)19-32(41)28(38-35(44)30-16-22(3)45-39-30)17-24-12-8-11-23-9-4-6-13-27(23)24;1-21(2)15-26(33(41)35-27(20-38)17-25-10-5-7-14-31(25)39)19-32(40)29(36-34(42)30-16-22(3)43-37-30)18-24-12-8-11-23-9-4-6-13-28(23)24/h2*4,6,8-9,11-13,16,21,25-26,28-29,33,42H,5,7,10,14-15,17-19H2,1-3H3,(H,37,43)(H,38,44);4,6,8-9,11-13,16,20-21,25-27,29H,5,7,10,14-15,17-19H2,1-3H3,(H,35,41)(H,36,42)/t2*25-,26+,28-,29-,33?;25-,26+,27-,29-/m000/s1. The number of fused-ring (bicyclic) bond motifs is 3. The summed E-state index contributed by atoms with van der Waals surface area (Å²) in [4.78, 5) is 171. The summed E-state index contributed by atoms with van der Waals surface area (Å²) in [6, 6.07) is 43.3. The number of nitrogens with one attached hydrogen (secondary N) is 6. The molecule has 3 aliphatic carbocycles. The van der Waals surface area contributed by atoms with E-state index in [-0.39, 0.29) is 145 Å². The SMILES string of the molecule is Cc1cc(C(=O)N[C@@H](Cc2cccc3ccccc23)C(=O)C[C@@H](CC(C)C)C(=O)N[C@@H](C[C@@H]2CCCCC2=O)C(O)C#N)no1.Cc1cc(C(=O)N[C@@H](Cc2cccc3ccccc23)C(=O)C[C@@H](CC(C)C)C(=O)N[C@@H](C[C@@H]2CCCCC2=O)C(O)C#N)no1.Cc1cc(C(=O)N[C@@H](Cc2cccc3ccccc23)C(=O)C[C@@H](CC(C)C)C(=O)N[C@H](C=O)C[C@@H]2CCCCC2=O)no1. The zero-order valence-corrected chi connectivity index (χ0v) is 77.4. The second-order valence-electron chi connectivity index (χ2n) is 37.1. The van der Waals surface area contributed by atoms with Crippen molar-refractivity contribution in [3.8, 4) is 12.1 Å². The fraction of sp³-hybridized carbons (Fsp3) is 0.481. The van der Waals surface area contributed by atoms with Crippen LogP contribution >= 0.6 is 0 Å². The van der Waals surface area contributed by atoms with Crippen LogP contribution in [0.15, 0.2) is 159 Å². The van der Waals surface area contributed by atoms with E-state index in [1.54, 1.807) is 32.9 Å². The molecule has 3 aliphatic rings. The highest BCUT2D eigenvalue weighted by atomic mass is 16.5. The fourth-order valence-electron chi connectivity index (χ4n) is 18.2. The highest BCUT2D eigenvalue weighted by Gasteiger charge is 2.39. The summed E-state index contributed by atoms with van der Waals surface area (Å²) < 4.78 is 15.2. The predicted molar refractivity (Wildman–Crippen MR) is 498 cm³/mol. The Kier molecular flexibility index (Phi) is 38.5. The number of aryl methyl sites for hydroxylation is 3. The van der Waals surface area contributed by atoms with Crippen LogP contribution in [0.25, 0.3) is 32.3 Å². The summed E-state index contributed by atoms with van der Waals surface area (Å²) in [5.74, 6) is -5.30. The molecule has 29 nitrogen and oxygen atoms in total. The number of rotatable bonds is 42. The van der Waals surface area contributed by atoms with Gasteiger partial charge in [0.1, 0.15) is 40.9 Å². The lowest BCUT2D eigenvalue weighted by molar-refractivity contribution is -0.132. The number of carbonyl (C=O) groups excluding carboxylic acids is 13. The summed E-state index contributed by atoms with van der Waals surface area (Å²) in [5, 5.41) is 74.0. The number of benzene rings is 6. The monoisotopic (exact) mass is 1820 g/mol. The van der Waals surface area contributed by atoms with E-state index in [1.165, 1.54) is 18.2 Å². The molecule has 0 spiro atoms. The van der Waals surface area contributed by atoms with Gasteiger partial charge in [-0.2, -0.15) is 10.5 Å². The molecule has 8 N–H and O–H groups in total. The van der Waals surface area contributed by atoms with Gasteiger partial charge in [-0.15, -0.1) is 0 Å². The van der Waals surface area contributed by atoms with Crippen molar-refractivity contribution in [1.82, 2.24) is 47.4 Å². The molecule has 0 saturated heterocycles. The van der Waals surface area contributed by atoms with Crippen LogP contribution in [-0.4, -0.2) is 151 Å². The van der Waals surface area contributed by atoms with Gasteiger partial charge in [-0.3, -0.25) is 57.5 Å². The molecule has 704 valence electrons. The Balaban J connectivity index is 0.000000207. The second kappa shape index (κ2) is 50.1. The first kappa shape index (κ1) is 102. The summed E-state index contributed by atoms with van der Waals surface area (Å²) in [5.41, 5.74) is 2.77. The number of aliphatic hydroxyl groups is 2. The number of Topliss-reactive ketones (excluding diaryl/α,β-unsaturated/α-hetero) is 6. The first-order chi connectivity index (χ1) is 63.7. The summed E-state index contributed by atoms with van der Waals surface area (Å²) in [6.45, 7) is 16.7. The molecule has 3 aromatic heterocycles. The smallest absolute Gasteiger partial charge is 0.274 e. The van der Waals surface area contributed by atoms with Crippen LogP contribution in [0.4, 0.5) is 0 Å². The van der Waals surface area contributed by atoms with E-state index in [4.69, 9.17) is 13.6 Å². The number of aromatic nitrogens is 3. The quantitative estimate of drug-likeness (QED) is 0.0130. The molecular weight excluding hydrogens is 1690 g/mol. The molecule has 6 aromatic carbocycles. The molecule has 0 aliphatic heterocycles. The molecule has 6 amide bonds. The maximum atomic E-state index is 14.0. The maximum Gasteiger partial charge on any atom is 0.274 e. The van der Waals surface area contributed by atoms with E-state index in [2.05, 4.69) is 47.4 Å². The third-order valence-corrected chi connectivity index (χ3v) is 25.1. The van der Waals surface area contributed by atoms with Crippen LogP contribution in [0.3, 0.4) is 0 Å². The van der Waals surface area contributed by atoms with Crippen molar-refractivity contribution >= 4 is 109 Å². The predicted octanol–water partition coefficient (Wildman–Crippen LogP) is 14.2. The highest BCUT2D eigenvalue weighted by molar-refractivity contribution is 6.01. The largest absolute Gasteiger partial charge is 0.376 e. The Hall–Kier alpha value is -12.9. The van der Waals surface area contributed by atoms with Gasteiger partial charge in [0.2, 0.25) is 17.7 Å². The Morgan fingerprint density at radius 1 is 0.406 bits per heavy atom. The minimum Gasteiger partial charge on any atom is -0.376 e. The van der Waals surface area contributed by atoms with Gasteiger partial charge < -0.3 is 60.5 Å². The number of nitrogens with zero attached hydrogens (tertiary/aromatic N) is 5. The van der Waals surface area contributed by atoms with E-state index < -0.39 is 102 Å². The number of hydrogen-bond donors (Lipinski definition) is 8. The van der Waals surface area contributed by atoms with Crippen molar-refractivity contribution in [2.24, 2.45) is 53.3 Å². The van der Waals surface area contributed by atoms with Crippen LogP contribution in [0.5, 0.6) is 0 Å². The Bertz CT molecular complexity index is 5410. The van der Waals surface area contributed by atoms with Crippen LogP contribution in [0, 0.1) is 96.7 Å². The van der Waals surface area contributed by atoms with Crippen molar-refractivity contribution in [2.75, 3.05) is 0 Å². The van der Waals surface area contributed by atoms with Gasteiger partial charge in [0, 0.05) is 111 Å². The average molecular weight is 1820 g/mol. The molecule has 0 radical (unpaired) electrons. The van der Waals surface area contributed by atoms with E-state index in [0.717, 1.165) is 87.5 Å². The van der Waals surface area contributed by atoms with Gasteiger partial charge in [-0.25, -0.2) is 0 Å².